The van der Waals surface area contributed by atoms with Crippen LogP contribution in [0.3, 0.4) is 0 Å². The van der Waals surface area contributed by atoms with Crippen molar-refractivity contribution in [3.05, 3.63) is 28.2 Å². The maximum absolute atomic E-state index is 12.1. The first-order valence-electron chi connectivity index (χ1n) is 6.76. The van der Waals surface area contributed by atoms with Crippen LogP contribution in [0.25, 0.3) is 0 Å². The predicted molar refractivity (Wildman–Crippen MR) is 79.5 cm³/mol. The largest absolute Gasteiger partial charge is 0.314 e. The Morgan fingerprint density at radius 2 is 2.00 bits per heavy atom. The fourth-order valence-electron chi connectivity index (χ4n) is 2.75. The van der Waals surface area contributed by atoms with Crippen molar-refractivity contribution in [3.63, 3.8) is 0 Å². The van der Waals surface area contributed by atoms with Gasteiger partial charge in [-0.15, -0.1) is 0 Å². The summed E-state index contributed by atoms with van der Waals surface area (Å²) in [4.78, 5) is 16.4. The number of fused-ring (bicyclic) bond motifs is 1. The van der Waals surface area contributed by atoms with E-state index in [2.05, 4.69) is 32.2 Å². The average molecular weight is 324 g/mol. The maximum atomic E-state index is 12.1. The van der Waals surface area contributed by atoms with Gasteiger partial charge in [-0.1, -0.05) is 22.0 Å². The summed E-state index contributed by atoms with van der Waals surface area (Å²) in [5.74, 6) is 0.225. The third-order valence-electron chi connectivity index (χ3n) is 3.83. The molecule has 2 aliphatic heterocycles. The lowest BCUT2D eigenvalue weighted by Gasteiger charge is -2.29. The summed E-state index contributed by atoms with van der Waals surface area (Å²) in [6, 6.07) is 6.10. The van der Waals surface area contributed by atoms with Gasteiger partial charge in [0.15, 0.2) is 0 Å². The Hall–Kier alpha value is -0.910. The van der Waals surface area contributed by atoms with Crippen LogP contribution in [-0.2, 0) is 11.2 Å². The lowest BCUT2D eigenvalue weighted by molar-refractivity contribution is -0.117. The van der Waals surface area contributed by atoms with E-state index in [0.29, 0.717) is 6.42 Å². The van der Waals surface area contributed by atoms with Crippen LogP contribution in [0, 0.1) is 0 Å². The molecule has 1 fully saturated rings. The molecule has 5 heteroatoms. The maximum Gasteiger partial charge on any atom is 0.231 e. The van der Waals surface area contributed by atoms with Crippen molar-refractivity contribution >= 4 is 27.5 Å². The molecular weight excluding hydrogens is 306 g/mol. The first-order chi connectivity index (χ1) is 9.24. The normalized spacial score (nSPS) is 19.8. The summed E-state index contributed by atoms with van der Waals surface area (Å²) < 4.78 is 1.04. The SMILES string of the molecule is O=C1Cc2ccc(Br)cc2N1CCN1CCNCC1. The Kier molecular flexibility index (Phi) is 3.86. The zero-order valence-corrected chi connectivity index (χ0v) is 12.4. The highest BCUT2D eigenvalue weighted by atomic mass is 79.9. The second-order valence-electron chi connectivity index (χ2n) is 5.09. The van der Waals surface area contributed by atoms with Crippen LogP contribution in [-0.4, -0.2) is 50.1 Å². The van der Waals surface area contributed by atoms with Crippen LogP contribution < -0.4 is 10.2 Å². The van der Waals surface area contributed by atoms with Crippen LogP contribution in [0.15, 0.2) is 22.7 Å². The van der Waals surface area contributed by atoms with Crippen LogP contribution >= 0.6 is 15.9 Å². The summed E-state index contributed by atoms with van der Waals surface area (Å²) >= 11 is 3.48. The van der Waals surface area contributed by atoms with E-state index in [1.165, 1.54) is 0 Å². The van der Waals surface area contributed by atoms with E-state index in [-0.39, 0.29) is 5.91 Å². The molecule has 0 atom stereocenters. The smallest absolute Gasteiger partial charge is 0.231 e. The number of piperazine rings is 1. The Morgan fingerprint density at radius 1 is 1.21 bits per heavy atom. The number of halogens is 1. The third-order valence-corrected chi connectivity index (χ3v) is 4.32. The quantitative estimate of drug-likeness (QED) is 0.909. The summed E-state index contributed by atoms with van der Waals surface area (Å²) in [6.07, 6.45) is 0.546. The van der Waals surface area contributed by atoms with Crippen molar-refractivity contribution < 1.29 is 4.79 Å². The molecule has 102 valence electrons. The minimum atomic E-state index is 0.225. The van der Waals surface area contributed by atoms with E-state index in [4.69, 9.17) is 0 Å². The molecule has 1 amide bonds. The summed E-state index contributed by atoms with van der Waals surface area (Å²) in [7, 11) is 0. The fourth-order valence-corrected chi connectivity index (χ4v) is 3.10. The van der Waals surface area contributed by atoms with Crippen LogP contribution in [0.4, 0.5) is 5.69 Å². The molecule has 1 aromatic rings. The Morgan fingerprint density at radius 3 is 2.79 bits per heavy atom. The van der Waals surface area contributed by atoms with Crippen LogP contribution in [0.5, 0.6) is 0 Å². The fraction of sp³-hybridized carbons (Fsp3) is 0.500. The highest BCUT2D eigenvalue weighted by Crippen LogP contribution is 2.31. The van der Waals surface area contributed by atoms with E-state index in [1.54, 1.807) is 0 Å². The van der Waals surface area contributed by atoms with Crippen LogP contribution in [0.1, 0.15) is 5.56 Å². The van der Waals surface area contributed by atoms with Gasteiger partial charge in [0.1, 0.15) is 0 Å². The molecule has 0 unspecified atom stereocenters. The zero-order chi connectivity index (χ0) is 13.2. The van der Waals surface area contributed by atoms with Gasteiger partial charge in [-0.2, -0.15) is 0 Å². The predicted octanol–water partition coefficient (Wildman–Crippen LogP) is 1.24. The molecule has 1 saturated heterocycles. The average Bonchev–Trinajstić information content (AvgIpc) is 2.73. The minimum absolute atomic E-state index is 0.225. The van der Waals surface area contributed by atoms with Crippen molar-refractivity contribution in [2.75, 3.05) is 44.2 Å². The lowest BCUT2D eigenvalue weighted by Crippen LogP contribution is -2.46. The van der Waals surface area contributed by atoms with Gasteiger partial charge in [0.05, 0.1) is 6.42 Å². The molecule has 1 N–H and O–H groups in total. The lowest BCUT2D eigenvalue weighted by atomic mass is 10.2. The molecule has 0 aliphatic carbocycles. The molecule has 3 rings (SSSR count). The number of nitrogens with one attached hydrogen (secondary N) is 1. The molecule has 1 aromatic carbocycles. The number of nitrogens with zero attached hydrogens (tertiary/aromatic N) is 2. The van der Waals surface area contributed by atoms with Gasteiger partial charge in [-0.3, -0.25) is 9.69 Å². The highest BCUT2D eigenvalue weighted by Gasteiger charge is 2.27. The highest BCUT2D eigenvalue weighted by molar-refractivity contribution is 9.10. The summed E-state index contributed by atoms with van der Waals surface area (Å²) in [5.41, 5.74) is 2.23. The zero-order valence-electron chi connectivity index (χ0n) is 10.9. The second-order valence-corrected chi connectivity index (χ2v) is 6.00. The molecule has 2 aliphatic rings. The number of rotatable bonds is 3. The Labute approximate surface area is 121 Å². The Balaban J connectivity index is 1.67. The Bertz CT molecular complexity index is 486. The van der Waals surface area contributed by atoms with Crippen molar-refractivity contribution in [2.45, 2.75) is 6.42 Å². The van der Waals surface area contributed by atoms with Crippen molar-refractivity contribution in [2.24, 2.45) is 0 Å². The first-order valence-corrected chi connectivity index (χ1v) is 7.55. The molecule has 0 radical (unpaired) electrons. The topological polar surface area (TPSA) is 35.6 Å². The van der Waals surface area contributed by atoms with Gasteiger partial charge < -0.3 is 10.2 Å². The number of anilines is 1. The van der Waals surface area contributed by atoms with Crippen molar-refractivity contribution in [1.82, 2.24) is 10.2 Å². The number of carbonyl (C=O) groups is 1. The van der Waals surface area contributed by atoms with E-state index in [1.807, 2.05) is 17.0 Å². The molecule has 19 heavy (non-hydrogen) atoms. The van der Waals surface area contributed by atoms with Crippen LogP contribution in [0.2, 0.25) is 0 Å². The van der Waals surface area contributed by atoms with E-state index in [0.717, 1.165) is 55.0 Å². The number of hydrogen-bond donors (Lipinski definition) is 1. The van der Waals surface area contributed by atoms with Gasteiger partial charge in [-0.05, 0) is 17.7 Å². The third kappa shape index (κ3) is 2.83. The number of amides is 1. The second kappa shape index (κ2) is 5.61. The number of benzene rings is 1. The molecule has 0 spiro atoms. The molecular formula is C14H18BrN3O. The van der Waals surface area contributed by atoms with E-state index < -0.39 is 0 Å². The molecule has 2 heterocycles. The van der Waals surface area contributed by atoms with Crippen molar-refractivity contribution in [1.29, 1.82) is 0 Å². The summed E-state index contributed by atoms with van der Waals surface area (Å²) in [6.45, 7) is 6.01. The standard InChI is InChI=1S/C14H18BrN3O/c15-12-2-1-11-9-14(19)18(13(11)10-12)8-7-17-5-3-16-4-6-17/h1-2,10,16H,3-9H2. The van der Waals surface area contributed by atoms with Gasteiger partial charge in [-0.25, -0.2) is 0 Å². The molecule has 0 bridgehead atoms. The molecule has 0 saturated carbocycles. The van der Waals surface area contributed by atoms with Gasteiger partial charge in [0.2, 0.25) is 5.91 Å². The number of carbonyl (C=O) groups excluding carboxylic acids is 1. The minimum Gasteiger partial charge on any atom is -0.314 e. The first kappa shape index (κ1) is 13.1. The van der Waals surface area contributed by atoms with E-state index >= 15 is 0 Å². The van der Waals surface area contributed by atoms with Gasteiger partial charge in [0, 0.05) is 49.4 Å². The van der Waals surface area contributed by atoms with Gasteiger partial charge in [0.25, 0.3) is 0 Å². The van der Waals surface area contributed by atoms with E-state index in [9.17, 15) is 4.79 Å². The summed E-state index contributed by atoms with van der Waals surface area (Å²) in [5, 5.41) is 3.35. The van der Waals surface area contributed by atoms with Crippen molar-refractivity contribution in [3.8, 4) is 0 Å². The molecule has 4 nitrogen and oxygen atoms in total. The monoisotopic (exact) mass is 323 g/mol. The number of hydrogen-bond acceptors (Lipinski definition) is 3. The molecule has 0 aromatic heterocycles. The van der Waals surface area contributed by atoms with Gasteiger partial charge >= 0.3 is 0 Å².